The van der Waals surface area contributed by atoms with Crippen LogP contribution in [0.1, 0.15) is 74.3 Å². The number of nitrogens with zero attached hydrogens (tertiary/aromatic N) is 4. The number of hydrogen-bond donors (Lipinski definition) is 0. The van der Waals surface area contributed by atoms with Crippen LogP contribution in [0.3, 0.4) is 0 Å². The molecule has 198 valence electrons. The number of fused-ring (bicyclic) bond motifs is 1. The SMILES string of the molecule is Cc1ccc(N2C(=O)CC(N(C(=O)CSc3nc4c(cc3C#N)CC(C)CC4)C3CCCCC3)C2=O)cc1. The number of rotatable bonds is 6. The Balaban J connectivity index is 1.37. The van der Waals surface area contributed by atoms with Crippen LogP contribution in [-0.4, -0.2) is 45.4 Å². The van der Waals surface area contributed by atoms with E-state index in [1.54, 1.807) is 17.0 Å². The third kappa shape index (κ3) is 5.35. The molecule has 2 aliphatic carbocycles. The first kappa shape index (κ1) is 26.4. The predicted octanol–water partition coefficient (Wildman–Crippen LogP) is 4.97. The molecule has 1 aromatic heterocycles. The summed E-state index contributed by atoms with van der Waals surface area (Å²) in [4.78, 5) is 48.1. The molecule has 2 atom stereocenters. The van der Waals surface area contributed by atoms with E-state index in [1.165, 1.54) is 16.7 Å². The number of aromatic nitrogens is 1. The molecule has 0 radical (unpaired) electrons. The van der Waals surface area contributed by atoms with Gasteiger partial charge in [0.05, 0.1) is 23.4 Å². The number of nitriles is 1. The molecule has 0 bridgehead atoms. The van der Waals surface area contributed by atoms with Gasteiger partial charge < -0.3 is 4.90 Å². The predicted molar refractivity (Wildman–Crippen MR) is 147 cm³/mol. The number of amides is 3. The Kier molecular flexibility index (Phi) is 7.85. The largest absolute Gasteiger partial charge is 0.326 e. The van der Waals surface area contributed by atoms with Crippen LogP contribution >= 0.6 is 11.8 Å². The van der Waals surface area contributed by atoms with E-state index >= 15 is 0 Å². The van der Waals surface area contributed by atoms with Crippen LogP contribution in [0.15, 0.2) is 35.4 Å². The lowest BCUT2D eigenvalue weighted by Crippen LogP contribution is -2.52. The fraction of sp³-hybridized carbons (Fsp3) is 0.500. The lowest BCUT2D eigenvalue weighted by molar-refractivity contribution is -0.139. The molecule has 1 saturated carbocycles. The van der Waals surface area contributed by atoms with E-state index in [-0.39, 0.29) is 35.9 Å². The third-order valence-electron chi connectivity index (χ3n) is 8.06. The lowest BCUT2D eigenvalue weighted by atomic mass is 9.87. The zero-order chi connectivity index (χ0) is 26.8. The number of thioether (sulfide) groups is 1. The van der Waals surface area contributed by atoms with E-state index in [9.17, 15) is 19.6 Å². The zero-order valence-electron chi connectivity index (χ0n) is 22.1. The second kappa shape index (κ2) is 11.3. The normalized spacial score (nSPS) is 21.8. The Hall–Kier alpha value is -3.18. The van der Waals surface area contributed by atoms with Crippen LogP contribution in [0.25, 0.3) is 0 Å². The molecule has 1 aliphatic heterocycles. The Morgan fingerprint density at radius 1 is 1.13 bits per heavy atom. The standard InChI is InChI=1S/C30H34N4O3S/c1-19-8-11-24(12-9-19)34-27(35)16-26(30(34)37)33(23-6-4-3-5-7-23)28(36)18-38-29-22(17-31)15-21-14-20(2)10-13-25(21)32-29/h8-9,11-12,15,20,23,26H,3-7,10,13-14,16,18H2,1-2H3. The van der Waals surface area contributed by atoms with Gasteiger partial charge in [-0.15, -0.1) is 0 Å². The van der Waals surface area contributed by atoms with Crippen molar-refractivity contribution in [2.45, 2.75) is 88.7 Å². The van der Waals surface area contributed by atoms with Gasteiger partial charge in [-0.3, -0.25) is 14.4 Å². The summed E-state index contributed by atoms with van der Waals surface area (Å²) in [7, 11) is 0. The van der Waals surface area contributed by atoms with Crippen LogP contribution in [0.4, 0.5) is 5.69 Å². The van der Waals surface area contributed by atoms with Gasteiger partial charge in [0, 0.05) is 11.7 Å². The van der Waals surface area contributed by atoms with Gasteiger partial charge in [-0.25, -0.2) is 9.88 Å². The van der Waals surface area contributed by atoms with Crippen molar-refractivity contribution in [3.8, 4) is 6.07 Å². The lowest BCUT2D eigenvalue weighted by Gasteiger charge is -2.37. The Morgan fingerprint density at radius 3 is 2.58 bits per heavy atom. The fourth-order valence-electron chi connectivity index (χ4n) is 6.01. The molecule has 1 aromatic carbocycles. The number of hydrogen-bond acceptors (Lipinski definition) is 6. The summed E-state index contributed by atoms with van der Waals surface area (Å²) in [5, 5.41) is 10.3. The maximum atomic E-state index is 13.8. The molecule has 7 nitrogen and oxygen atoms in total. The average molecular weight is 531 g/mol. The molecule has 0 N–H and O–H groups in total. The van der Waals surface area contributed by atoms with Crippen LogP contribution in [0, 0.1) is 24.2 Å². The first-order valence-electron chi connectivity index (χ1n) is 13.7. The van der Waals surface area contributed by atoms with E-state index in [1.807, 2.05) is 25.1 Å². The van der Waals surface area contributed by atoms with Crippen molar-refractivity contribution in [3.05, 3.63) is 52.7 Å². The Morgan fingerprint density at radius 2 is 1.87 bits per heavy atom. The number of pyridine rings is 1. The van der Waals surface area contributed by atoms with Crippen molar-refractivity contribution >= 4 is 35.2 Å². The van der Waals surface area contributed by atoms with Gasteiger partial charge in [-0.05, 0) is 68.7 Å². The molecule has 38 heavy (non-hydrogen) atoms. The third-order valence-corrected chi connectivity index (χ3v) is 9.03. The fourth-order valence-corrected chi connectivity index (χ4v) is 6.86. The van der Waals surface area contributed by atoms with E-state index in [4.69, 9.17) is 4.98 Å². The van der Waals surface area contributed by atoms with Crippen molar-refractivity contribution in [1.82, 2.24) is 9.88 Å². The van der Waals surface area contributed by atoms with E-state index < -0.39 is 6.04 Å². The summed E-state index contributed by atoms with van der Waals surface area (Å²) in [5.41, 5.74) is 4.24. The molecular weight excluding hydrogens is 496 g/mol. The van der Waals surface area contributed by atoms with Gasteiger partial charge in [0.2, 0.25) is 11.8 Å². The molecule has 3 amide bonds. The summed E-state index contributed by atoms with van der Waals surface area (Å²) in [6.45, 7) is 4.17. The molecule has 3 aliphatic rings. The van der Waals surface area contributed by atoms with Crippen molar-refractivity contribution in [3.63, 3.8) is 0 Å². The minimum atomic E-state index is -0.798. The molecule has 2 heterocycles. The monoisotopic (exact) mass is 530 g/mol. The van der Waals surface area contributed by atoms with Crippen molar-refractivity contribution in [2.75, 3.05) is 10.7 Å². The second-order valence-electron chi connectivity index (χ2n) is 10.9. The van der Waals surface area contributed by atoms with Gasteiger partial charge in [-0.2, -0.15) is 5.26 Å². The maximum absolute atomic E-state index is 13.8. The quantitative estimate of drug-likeness (QED) is 0.387. The number of imide groups is 1. The average Bonchev–Trinajstić information content (AvgIpc) is 3.21. The number of aryl methyl sites for hydroxylation is 2. The van der Waals surface area contributed by atoms with Gasteiger partial charge in [-0.1, -0.05) is 55.6 Å². The number of carbonyl (C=O) groups is 3. The topological polar surface area (TPSA) is 94.4 Å². The molecule has 2 aromatic rings. The summed E-state index contributed by atoms with van der Waals surface area (Å²) in [6, 6.07) is 10.6. The van der Waals surface area contributed by atoms with Gasteiger partial charge in [0.15, 0.2) is 0 Å². The van der Waals surface area contributed by atoms with Crippen LogP contribution in [-0.2, 0) is 27.2 Å². The van der Waals surface area contributed by atoms with Gasteiger partial charge in [0.25, 0.3) is 5.91 Å². The van der Waals surface area contributed by atoms with E-state index in [0.29, 0.717) is 22.2 Å². The Bertz CT molecular complexity index is 1280. The molecule has 2 fully saturated rings. The zero-order valence-corrected chi connectivity index (χ0v) is 22.9. The van der Waals surface area contributed by atoms with Crippen molar-refractivity contribution in [2.24, 2.45) is 5.92 Å². The van der Waals surface area contributed by atoms with Crippen LogP contribution in [0.5, 0.6) is 0 Å². The Labute approximate surface area is 228 Å². The molecule has 2 unspecified atom stereocenters. The van der Waals surface area contributed by atoms with Crippen LogP contribution < -0.4 is 4.90 Å². The van der Waals surface area contributed by atoms with Crippen molar-refractivity contribution < 1.29 is 14.4 Å². The minimum absolute atomic E-state index is 0.00165. The highest BCUT2D eigenvalue weighted by Gasteiger charge is 2.46. The highest BCUT2D eigenvalue weighted by atomic mass is 32.2. The van der Waals surface area contributed by atoms with E-state index in [2.05, 4.69) is 13.0 Å². The molecule has 1 saturated heterocycles. The summed E-state index contributed by atoms with van der Waals surface area (Å²) < 4.78 is 0. The first-order valence-corrected chi connectivity index (χ1v) is 14.6. The van der Waals surface area contributed by atoms with Crippen LogP contribution in [0.2, 0.25) is 0 Å². The number of benzene rings is 1. The molecule has 8 heteroatoms. The highest BCUT2D eigenvalue weighted by Crippen LogP contribution is 2.33. The van der Waals surface area contributed by atoms with Crippen molar-refractivity contribution in [1.29, 1.82) is 5.26 Å². The number of anilines is 1. The van der Waals surface area contributed by atoms with Gasteiger partial charge in [0.1, 0.15) is 17.1 Å². The molecule has 5 rings (SSSR count). The summed E-state index contributed by atoms with van der Waals surface area (Å²) in [6.07, 6.45) is 7.65. The first-order chi connectivity index (χ1) is 18.4. The molecule has 0 spiro atoms. The second-order valence-corrected chi connectivity index (χ2v) is 11.9. The maximum Gasteiger partial charge on any atom is 0.257 e. The van der Waals surface area contributed by atoms with Gasteiger partial charge >= 0.3 is 0 Å². The summed E-state index contributed by atoms with van der Waals surface area (Å²) >= 11 is 1.27. The minimum Gasteiger partial charge on any atom is -0.326 e. The number of carbonyl (C=O) groups excluding carboxylic acids is 3. The summed E-state index contributed by atoms with van der Waals surface area (Å²) in [5.74, 6) is -0.124. The highest BCUT2D eigenvalue weighted by molar-refractivity contribution is 8.00. The smallest absolute Gasteiger partial charge is 0.257 e. The van der Waals surface area contributed by atoms with E-state index in [0.717, 1.165) is 68.2 Å². The molecular formula is C30H34N4O3S.